The highest BCUT2D eigenvalue weighted by atomic mass is 16.5. The summed E-state index contributed by atoms with van der Waals surface area (Å²) in [5, 5.41) is 14.0. The molecule has 0 unspecified atom stereocenters. The zero-order valence-electron chi connectivity index (χ0n) is 17.7. The van der Waals surface area contributed by atoms with E-state index < -0.39 is 6.10 Å². The predicted octanol–water partition coefficient (Wildman–Crippen LogP) is 3.66. The zero-order valence-corrected chi connectivity index (χ0v) is 17.7. The lowest BCUT2D eigenvalue weighted by Gasteiger charge is -2.40. The maximum atomic E-state index is 12.6. The first kappa shape index (κ1) is 21.3. The van der Waals surface area contributed by atoms with Crippen LogP contribution in [0.5, 0.6) is 0 Å². The van der Waals surface area contributed by atoms with Gasteiger partial charge in [-0.25, -0.2) is 0 Å². The van der Waals surface area contributed by atoms with Gasteiger partial charge in [-0.3, -0.25) is 9.59 Å². The molecule has 0 bridgehead atoms. The highest BCUT2D eigenvalue weighted by Gasteiger charge is 2.36. The van der Waals surface area contributed by atoms with Crippen molar-refractivity contribution in [1.82, 2.24) is 4.90 Å². The molecule has 6 nitrogen and oxygen atoms in total. The summed E-state index contributed by atoms with van der Waals surface area (Å²) >= 11 is 0. The van der Waals surface area contributed by atoms with Gasteiger partial charge in [0.1, 0.15) is 12.7 Å². The molecule has 1 heterocycles. The van der Waals surface area contributed by atoms with Gasteiger partial charge in [-0.2, -0.15) is 0 Å². The molecule has 2 atom stereocenters. The van der Waals surface area contributed by atoms with Crippen LogP contribution in [0.15, 0.2) is 24.3 Å². The van der Waals surface area contributed by atoms with Crippen molar-refractivity contribution in [1.29, 1.82) is 0 Å². The summed E-state index contributed by atoms with van der Waals surface area (Å²) in [6.07, 6.45) is 9.43. The van der Waals surface area contributed by atoms with Gasteiger partial charge in [0.05, 0.1) is 12.6 Å². The molecule has 0 spiro atoms. The third-order valence-electron chi connectivity index (χ3n) is 7.02. The number of anilines is 1. The largest absolute Gasteiger partial charge is 0.386 e. The van der Waals surface area contributed by atoms with Crippen LogP contribution in [0.1, 0.15) is 69.5 Å². The number of rotatable bonds is 6. The molecule has 3 aliphatic rings. The SMILES string of the molecule is O=C(Nc1ccc([C@@H](O)[C@H]2COCC(=O)N2CC2CCCCC2)cc1)C1CCCC1. The average Bonchev–Trinajstić information content (AvgIpc) is 3.31. The maximum absolute atomic E-state index is 12.6. The fourth-order valence-corrected chi connectivity index (χ4v) is 5.19. The van der Waals surface area contributed by atoms with Gasteiger partial charge in [0.15, 0.2) is 0 Å². The van der Waals surface area contributed by atoms with Crippen LogP contribution in [0, 0.1) is 11.8 Å². The number of nitrogens with zero attached hydrogens (tertiary/aromatic N) is 1. The molecule has 3 fully saturated rings. The van der Waals surface area contributed by atoms with Gasteiger partial charge in [0.2, 0.25) is 11.8 Å². The Bertz CT molecular complexity index is 723. The molecule has 0 radical (unpaired) electrons. The molecule has 2 amide bonds. The van der Waals surface area contributed by atoms with Gasteiger partial charge in [-0.15, -0.1) is 0 Å². The summed E-state index contributed by atoms with van der Waals surface area (Å²) in [6.45, 7) is 1.15. The number of ether oxygens (including phenoxy) is 1. The van der Waals surface area contributed by atoms with Crippen molar-refractivity contribution in [3.8, 4) is 0 Å². The number of carbonyl (C=O) groups is 2. The number of amides is 2. The van der Waals surface area contributed by atoms with Crippen LogP contribution in [0.25, 0.3) is 0 Å². The summed E-state index contributed by atoms with van der Waals surface area (Å²) in [6, 6.07) is 6.98. The Morgan fingerprint density at radius 2 is 1.73 bits per heavy atom. The van der Waals surface area contributed by atoms with Crippen LogP contribution in [-0.2, 0) is 14.3 Å². The highest BCUT2D eigenvalue weighted by Crippen LogP contribution is 2.30. The Morgan fingerprint density at radius 3 is 2.43 bits per heavy atom. The molecule has 2 aliphatic carbocycles. The number of aliphatic hydroxyl groups is 1. The number of hydrogen-bond acceptors (Lipinski definition) is 4. The highest BCUT2D eigenvalue weighted by molar-refractivity contribution is 5.92. The van der Waals surface area contributed by atoms with Crippen LogP contribution in [0.4, 0.5) is 5.69 Å². The molecule has 2 saturated carbocycles. The van der Waals surface area contributed by atoms with E-state index in [9.17, 15) is 14.7 Å². The number of nitrogens with one attached hydrogen (secondary N) is 1. The molecule has 0 aromatic heterocycles. The lowest BCUT2D eigenvalue weighted by molar-refractivity contribution is -0.155. The molecule has 2 N–H and O–H groups in total. The summed E-state index contributed by atoms with van der Waals surface area (Å²) in [5.41, 5.74) is 1.49. The van der Waals surface area contributed by atoms with Gasteiger partial charge < -0.3 is 20.1 Å². The molecular weight excluding hydrogens is 380 g/mol. The van der Waals surface area contributed by atoms with Crippen LogP contribution < -0.4 is 5.32 Å². The average molecular weight is 415 g/mol. The molecule has 6 heteroatoms. The molecule has 1 aliphatic heterocycles. The van der Waals surface area contributed by atoms with Crippen LogP contribution in [-0.4, -0.2) is 47.6 Å². The monoisotopic (exact) mass is 414 g/mol. The molecule has 30 heavy (non-hydrogen) atoms. The van der Waals surface area contributed by atoms with E-state index >= 15 is 0 Å². The van der Waals surface area contributed by atoms with Gasteiger partial charge in [-0.1, -0.05) is 44.2 Å². The Kier molecular flexibility index (Phi) is 7.05. The summed E-state index contributed by atoms with van der Waals surface area (Å²) in [5.74, 6) is 0.694. The predicted molar refractivity (Wildman–Crippen MR) is 115 cm³/mol. The standard InChI is InChI=1S/C24H34N2O4/c27-22-16-30-15-21(26(22)14-17-6-2-1-3-7-17)23(28)18-10-12-20(13-11-18)25-24(29)19-8-4-5-9-19/h10-13,17,19,21,23,28H,1-9,14-16H2,(H,25,29)/t21-,23-/m1/s1. The molecule has 1 saturated heterocycles. The van der Waals surface area contributed by atoms with E-state index in [1.165, 1.54) is 19.3 Å². The van der Waals surface area contributed by atoms with Crippen LogP contribution in [0.2, 0.25) is 0 Å². The molecule has 164 valence electrons. The Morgan fingerprint density at radius 1 is 1.07 bits per heavy atom. The number of benzene rings is 1. The van der Waals surface area contributed by atoms with Gasteiger partial charge in [0, 0.05) is 18.2 Å². The second-order valence-electron chi connectivity index (χ2n) is 9.17. The van der Waals surface area contributed by atoms with Crippen molar-refractivity contribution in [3.63, 3.8) is 0 Å². The van der Waals surface area contributed by atoms with E-state index in [4.69, 9.17) is 4.74 Å². The first-order chi connectivity index (χ1) is 14.6. The van der Waals surface area contributed by atoms with Gasteiger partial charge in [-0.05, 0) is 49.3 Å². The molecule has 4 rings (SSSR count). The molecule has 1 aromatic rings. The van der Waals surface area contributed by atoms with Crippen molar-refractivity contribution >= 4 is 17.5 Å². The number of morpholine rings is 1. The van der Waals surface area contributed by atoms with Gasteiger partial charge >= 0.3 is 0 Å². The van der Waals surface area contributed by atoms with Crippen molar-refractivity contribution in [2.24, 2.45) is 11.8 Å². The van der Waals surface area contributed by atoms with E-state index in [1.54, 1.807) is 0 Å². The zero-order chi connectivity index (χ0) is 20.9. The fraction of sp³-hybridized carbons (Fsp3) is 0.667. The van der Waals surface area contributed by atoms with Gasteiger partial charge in [0.25, 0.3) is 0 Å². The van der Waals surface area contributed by atoms with Crippen LogP contribution >= 0.6 is 0 Å². The lowest BCUT2D eigenvalue weighted by Crippen LogP contribution is -2.53. The minimum atomic E-state index is -0.808. The Labute approximate surface area is 179 Å². The first-order valence-corrected chi connectivity index (χ1v) is 11.6. The topological polar surface area (TPSA) is 78.9 Å². The first-order valence-electron chi connectivity index (χ1n) is 11.6. The lowest BCUT2D eigenvalue weighted by atomic mass is 9.88. The van der Waals surface area contributed by atoms with E-state index in [0.717, 1.165) is 49.8 Å². The Hall–Kier alpha value is -1.92. The third kappa shape index (κ3) is 5.03. The van der Waals surface area contributed by atoms with Crippen molar-refractivity contribution < 1.29 is 19.4 Å². The fourth-order valence-electron chi connectivity index (χ4n) is 5.19. The molecule has 1 aromatic carbocycles. The quantitative estimate of drug-likeness (QED) is 0.745. The summed E-state index contributed by atoms with van der Waals surface area (Å²) in [4.78, 5) is 26.7. The normalized spacial score (nSPS) is 24.8. The third-order valence-corrected chi connectivity index (χ3v) is 7.02. The second kappa shape index (κ2) is 9.92. The maximum Gasteiger partial charge on any atom is 0.249 e. The summed E-state index contributed by atoms with van der Waals surface area (Å²) in [7, 11) is 0. The smallest absolute Gasteiger partial charge is 0.249 e. The van der Waals surface area contributed by atoms with E-state index in [-0.39, 0.29) is 30.4 Å². The Balaban J connectivity index is 1.40. The van der Waals surface area contributed by atoms with Crippen molar-refractivity contribution in [2.45, 2.75) is 69.9 Å². The number of carbonyl (C=O) groups excluding carboxylic acids is 2. The van der Waals surface area contributed by atoms with Crippen molar-refractivity contribution in [3.05, 3.63) is 29.8 Å². The second-order valence-corrected chi connectivity index (χ2v) is 9.17. The minimum Gasteiger partial charge on any atom is -0.386 e. The summed E-state index contributed by atoms with van der Waals surface area (Å²) < 4.78 is 5.48. The van der Waals surface area contributed by atoms with E-state index in [1.807, 2.05) is 29.2 Å². The number of aliphatic hydroxyl groups excluding tert-OH is 1. The molecular formula is C24H34N2O4. The van der Waals surface area contributed by atoms with Crippen LogP contribution in [0.3, 0.4) is 0 Å². The van der Waals surface area contributed by atoms with Crippen molar-refractivity contribution in [2.75, 3.05) is 25.1 Å². The number of hydrogen-bond donors (Lipinski definition) is 2. The minimum absolute atomic E-state index is 0.0312. The van der Waals surface area contributed by atoms with E-state index in [2.05, 4.69) is 5.32 Å². The van der Waals surface area contributed by atoms with E-state index in [0.29, 0.717) is 19.1 Å².